The summed E-state index contributed by atoms with van der Waals surface area (Å²) >= 11 is 0. The molecule has 2 N–H and O–H groups in total. The Balaban J connectivity index is 2.02. The number of esters is 1. The van der Waals surface area contributed by atoms with Crippen molar-refractivity contribution in [2.24, 2.45) is 5.73 Å². The summed E-state index contributed by atoms with van der Waals surface area (Å²) in [5.74, 6) is -0.349. The number of ether oxygens (including phenoxy) is 2. The molecule has 0 saturated carbocycles. The van der Waals surface area contributed by atoms with E-state index >= 15 is 0 Å². The number of hydrogen-bond acceptors (Lipinski definition) is 5. The van der Waals surface area contributed by atoms with Crippen LogP contribution in [0.1, 0.15) is 18.1 Å². The molecule has 1 atom stereocenters. The van der Waals surface area contributed by atoms with Crippen LogP contribution in [0.25, 0.3) is 0 Å². The normalized spacial score (nSPS) is 12.5. The van der Waals surface area contributed by atoms with E-state index in [0.717, 1.165) is 12.1 Å². The lowest BCUT2D eigenvalue weighted by Gasteiger charge is -2.11. The predicted octanol–water partition coefficient (Wildman–Crippen LogP) is 3.33. The van der Waals surface area contributed by atoms with Gasteiger partial charge in [0.15, 0.2) is 0 Å². The van der Waals surface area contributed by atoms with E-state index in [0.29, 0.717) is 5.56 Å². The van der Waals surface area contributed by atoms with Gasteiger partial charge in [-0.05, 0) is 37.1 Å². The van der Waals surface area contributed by atoms with Gasteiger partial charge in [-0.25, -0.2) is 4.98 Å². The van der Waals surface area contributed by atoms with Crippen LogP contribution >= 0.6 is 0 Å². The number of aromatic nitrogens is 1. The number of carbonyl (C=O) groups is 1. The summed E-state index contributed by atoms with van der Waals surface area (Å²) < 4.78 is 48.2. The zero-order valence-corrected chi connectivity index (χ0v) is 13.4. The van der Waals surface area contributed by atoms with Crippen molar-refractivity contribution in [3.8, 4) is 11.6 Å². The van der Waals surface area contributed by atoms with Crippen LogP contribution in [0.2, 0.25) is 0 Å². The first kappa shape index (κ1) is 18.7. The third kappa shape index (κ3) is 5.46. The Morgan fingerprint density at radius 1 is 1.28 bits per heavy atom. The first-order valence-corrected chi connectivity index (χ1v) is 7.52. The smallest absolute Gasteiger partial charge is 0.416 e. The molecule has 0 aliphatic carbocycles. The molecule has 25 heavy (non-hydrogen) atoms. The number of nitrogens with two attached hydrogens (primary N) is 1. The minimum absolute atomic E-state index is 0.0262. The number of nitrogens with zero attached hydrogens (tertiary/aromatic N) is 1. The average molecular weight is 354 g/mol. The zero-order valence-electron chi connectivity index (χ0n) is 13.4. The Kier molecular flexibility index (Phi) is 5.97. The maximum atomic E-state index is 12.7. The fourth-order valence-corrected chi connectivity index (χ4v) is 2.04. The predicted molar refractivity (Wildman–Crippen MR) is 84.1 cm³/mol. The molecule has 0 aliphatic rings. The molecule has 1 aromatic heterocycles. The van der Waals surface area contributed by atoms with Gasteiger partial charge in [-0.2, -0.15) is 13.2 Å². The first-order chi connectivity index (χ1) is 11.8. The molecule has 0 spiro atoms. The molecule has 2 aromatic rings. The van der Waals surface area contributed by atoms with Crippen molar-refractivity contribution < 1.29 is 27.4 Å². The molecule has 1 unspecified atom stereocenters. The van der Waals surface area contributed by atoms with Crippen molar-refractivity contribution in [3.05, 3.63) is 53.7 Å². The monoisotopic (exact) mass is 354 g/mol. The van der Waals surface area contributed by atoms with Crippen LogP contribution in [0, 0.1) is 0 Å². The van der Waals surface area contributed by atoms with Gasteiger partial charge in [0.25, 0.3) is 0 Å². The summed E-state index contributed by atoms with van der Waals surface area (Å²) in [6.45, 7) is 1.93. The molecular weight excluding hydrogens is 337 g/mol. The number of rotatable bonds is 6. The Morgan fingerprint density at radius 2 is 2.04 bits per heavy atom. The van der Waals surface area contributed by atoms with Crippen molar-refractivity contribution in [2.75, 3.05) is 6.61 Å². The number of benzene rings is 1. The minimum atomic E-state index is -4.44. The third-order valence-corrected chi connectivity index (χ3v) is 3.23. The SMILES string of the molecule is CCOC(=O)C(N)Cc1ccc(Oc2cccc(C(F)(F)F)c2)nc1. The number of pyridine rings is 1. The van der Waals surface area contributed by atoms with Crippen LogP contribution in [0.5, 0.6) is 11.6 Å². The van der Waals surface area contributed by atoms with E-state index < -0.39 is 23.8 Å². The van der Waals surface area contributed by atoms with Crippen molar-refractivity contribution >= 4 is 5.97 Å². The quantitative estimate of drug-likeness (QED) is 0.806. The van der Waals surface area contributed by atoms with Gasteiger partial charge >= 0.3 is 12.1 Å². The van der Waals surface area contributed by atoms with Crippen molar-refractivity contribution in [3.63, 3.8) is 0 Å². The Hall–Kier alpha value is -2.61. The Bertz CT molecular complexity index is 718. The van der Waals surface area contributed by atoms with E-state index in [2.05, 4.69) is 4.98 Å². The van der Waals surface area contributed by atoms with Gasteiger partial charge in [-0.3, -0.25) is 4.79 Å². The van der Waals surface area contributed by atoms with E-state index in [-0.39, 0.29) is 24.7 Å². The van der Waals surface area contributed by atoms with E-state index in [4.69, 9.17) is 15.2 Å². The van der Waals surface area contributed by atoms with Gasteiger partial charge in [0.2, 0.25) is 5.88 Å². The summed E-state index contributed by atoms with van der Waals surface area (Å²) in [6.07, 6.45) is -2.77. The lowest BCUT2D eigenvalue weighted by Crippen LogP contribution is -2.34. The summed E-state index contributed by atoms with van der Waals surface area (Å²) in [7, 11) is 0. The van der Waals surface area contributed by atoms with Crippen molar-refractivity contribution in [1.82, 2.24) is 4.98 Å². The van der Waals surface area contributed by atoms with Gasteiger partial charge < -0.3 is 15.2 Å². The summed E-state index contributed by atoms with van der Waals surface area (Å²) in [6, 6.07) is 6.83. The van der Waals surface area contributed by atoms with E-state index in [1.54, 1.807) is 13.0 Å². The Morgan fingerprint density at radius 3 is 2.64 bits per heavy atom. The summed E-state index contributed by atoms with van der Waals surface area (Å²) in [5, 5.41) is 0. The molecule has 0 bridgehead atoms. The second-order valence-corrected chi connectivity index (χ2v) is 5.20. The maximum absolute atomic E-state index is 12.7. The fraction of sp³-hybridized carbons (Fsp3) is 0.294. The maximum Gasteiger partial charge on any atom is 0.416 e. The Labute approximate surface area is 142 Å². The zero-order chi connectivity index (χ0) is 18.4. The lowest BCUT2D eigenvalue weighted by atomic mass is 10.1. The highest BCUT2D eigenvalue weighted by Gasteiger charge is 2.30. The molecule has 0 aliphatic heterocycles. The van der Waals surface area contributed by atoms with Crippen LogP contribution in [-0.4, -0.2) is 23.6 Å². The molecule has 0 saturated heterocycles. The molecule has 0 radical (unpaired) electrons. The first-order valence-electron chi connectivity index (χ1n) is 7.52. The standard InChI is InChI=1S/C17H17F3N2O3/c1-2-24-16(23)14(21)8-11-6-7-15(22-10-11)25-13-5-3-4-12(9-13)17(18,19)20/h3-7,9-10,14H,2,8,21H2,1H3. The third-order valence-electron chi connectivity index (χ3n) is 3.23. The summed E-state index contributed by atoms with van der Waals surface area (Å²) in [4.78, 5) is 15.5. The molecule has 0 fully saturated rings. The van der Waals surface area contributed by atoms with Gasteiger partial charge in [-0.15, -0.1) is 0 Å². The van der Waals surface area contributed by atoms with Gasteiger partial charge in [0.1, 0.15) is 11.8 Å². The lowest BCUT2D eigenvalue weighted by molar-refractivity contribution is -0.144. The fourth-order valence-electron chi connectivity index (χ4n) is 2.04. The van der Waals surface area contributed by atoms with Crippen molar-refractivity contribution in [2.45, 2.75) is 25.6 Å². The molecule has 8 heteroatoms. The molecule has 2 rings (SSSR count). The molecule has 1 aromatic carbocycles. The van der Waals surface area contributed by atoms with Crippen LogP contribution in [0.4, 0.5) is 13.2 Å². The summed E-state index contributed by atoms with van der Waals surface area (Å²) in [5.41, 5.74) is 5.59. The number of alkyl halides is 3. The van der Waals surface area contributed by atoms with E-state index in [1.807, 2.05) is 0 Å². The molecule has 5 nitrogen and oxygen atoms in total. The molecule has 134 valence electrons. The van der Waals surface area contributed by atoms with E-state index in [9.17, 15) is 18.0 Å². The highest BCUT2D eigenvalue weighted by Crippen LogP contribution is 2.32. The number of carbonyl (C=O) groups excluding carboxylic acids is 1. The average Bonchev–Trinajstić information content (AvgIpc) is 2.56. The van der Waals surface area contributed by atoms with Crippen LogP contribution in [-0.2, 0) is 22.1 Å². The van der Waals surface area contributed by atoms with Gasteiger partial charge in [0, 0.05) is 12.3 Å². The second-order valence-electron chi connectivity index (χ2n) is 5.20. The van der Waals surface area contributed by atoms with Crippen LogP contribution < -0.4 is 10.5 Å². The highest BCUT2D eigenvalue weighted by atomic mass is 19.4. The van der Waals surface area contributed by atoms with Gasteiger partial charge in [-0.1, -0.05) is 12.1 Å². The number of hydrogen-bond donors (Lipinski definition) is 1. The molecule has 0 amide bonds. The van der Waals surface area contributed by atoms with E-state index in [1.165, 1.54) is 24.4 Å². The van der Waals surface area contributed by atoms with Crippen LogP contribution in [0.3, 0.4) is 0 Å². The topological polar surface area (TPSA) is 74.4 Å². The van der Waals surface area contributed by atoms with Crippen LogP contribution in [0.15, 0.2) is 42.6 Å². The molecular formula is C17H17F3N2O3. The van der Waals surface area contributed by atoms with Crippen molar-refractivity contribution in [1.29, 1.82) is 0 Å². The largest absolute Gasteiger partial charge is 0.465 e. The molecule has 1 heterocycles. The second kappa shape index (κ2) is 7.98. The highest BCUT2D eigenvalue weighted by molar-refractivity contribution is 5.75. The van der Waals surface area contributed by atoms with Gasteiger partial charge in [0.05, 0.1) is 12.2 Å². The minimum Gasteiger partial charge on any atom is -0.465 e. The number of halogens is 3.